The summed E-state index contributed by atoms with van der Waals surface area (Å²) in [6, 6.07) is 12.5. The highest BCUT2D eigenvalue weighted by molar-refractivity contribution is 7.48. The molecule has 2 atom stereocenters. The van der Waals surface area contributed by atoms with Crippen LogP contribution in [0.5, 0.6) is 17.2 Å². The zero-order valence-corrected chi connectivity index (χ0v) is 19.1. The summed E-state index contributed by atoms with van der Waals surface area (Å²) in [5.41, 5.74) is 2.30. The fourth-order valence-electron chi connectivity index (χ4n) is 4.06. The van der Waals surface area contributed by atoms with Gasteiger partial charge in [-0.05, 0) is 49.3 Å². The molecule has 2 unspecified atom stereocenters. The van der Waals surface area contributed by atoms with Crippen molar-refractivity contribution in [1.29, 1.82) is 0 Å². The third-order valence-corrected chi connectivity index (χ3v) is 8.01. The summed E-state index contributed by atoms with van der Waals surface area (Å²) in [7, 11) is 3.77. The molecule has 0 spiro atoms. The molecular formula is C24H34NO3P. The van der Waals surface area contributed by atoms with Gasteiger partial charge < -0.3 is 14.6 Å². The summed E-state index contributed by atoms with van der Waals surface area (Å²) in [4.78, 5) is 2.57. The Kier molecular flexibility index (Phi) is 7.43. The highest BCUT2D eigenvalue weighted by Gasteiger charge is 2.31. The number of rotatable bonds is 8. The number of hydrogen-bond acceptors (Lipinski definition) is 4. The fourth-order valence-corrected chi connectivity index (χ4v) is 5.66. The molecule has 1 heterocycles. The Labute approximate surface area is 177 Å². The van der Waals surface area contributed by atoms with E-state index in [1.165, 1.54) is 43.2 Å². The first-order chi connectivity index (χ1) is 14.0. The molecule has 0 amide bonds. The number of benzene rings is 2. The van der Waals surface area contributed by atoms with Crippen LogP contribution in [-0.4, -0.2) is 37.3 Å². The van der Waals surface area contributed by atoms with Crippen LogP contribution in [-0.2, 0) is 11.7 Å². The van der Waals surface area contributed by atoms with E-state index in [2.05, 4.69) is 43.0 Å². The van der Waals surface area contributed by atoms with Crippen LogP contribution in [0.1, 0.15) is 50.7 Å². The van der Waals surface area contributed by atoms with Crippen molar-refractivity contribution in [2.75, 3.05) is 27.3 Å². The molecule has 3 rings (SSSR count). The second-order valence-corrected chi connectivity index (χ2v) is 9.92. The van der Waals surface area contributed by atoms with Gasteiger partial charge in [0.2, 0.25) is 0 Å². The molecule has 0 radical (unpaired) electrons. The smallest absolute Gasteiger partial charge is 0.164 e. The molecule has 1 N–H and O–H groups in total. The quantitative estimate of drug-likeness (QED) is 0.615. The topological polar surface area (TPSA) is 41.9 Å². The van der Waals surface area contributed by atoms with Crippen molar-refractivity contribution in [1.82, 2.24) is 4.90 Å². The SMILES string of the molecule is CCC(C)(Pc1ccccc1CN1CCCCC1)c1cc(OC)cc(OC)c1O. The summed E-state index contributed by atoms with van der Waals surface area (Å²) in [6.45, 7) is 7.81. The number of methoxy groups -OCH3 is 2. The highest BCUT2D eigenvalue weighted by atomic mass is 31.1. The van der Waals surface area contributed by atoms with E-state index in [9.17, 15) is 5.11 Å². The van der Waals surface area contributed by atoms with Gasteiger partial charge in [-0.15, -0.1) is 0 Å². The van der Waals surface area contributed by atoms with Crippen molar-refractivity contribution < 1.29 is 14.6 Å². The van der Waals surface area contributed by atoms with Crippen molar-refractivity contribution in [3.05, 3.63) is 47.5 Å². The summed E-state index contributed by atoms with van der Waals surface area (Å²) in [5, 5.41) is 12.1. The van der Waals surface area contributed by atoms with Gasteiger partial charge in [-0.3, -0.25) is 4.90 Å². The van der Waals surface area contributed by atoms with Gasteiger partial charge in [0.25, 0.3) is 0 Å². The Morgan fingerprint density at radius 1 is 1.07 bits per heavy atom. The number of likely N-dealkylation sites (tertiary alicyclic amines) is 1. The fraction of sp³-hybridized carbons (Fsp3) is 0.500. The van der Waals surface area contributed by atoms with Crippen LogP contribution in [0.15, 0.2) is 36.4 Å². The lowest BCUT2D eigenvalue weighted by Gasteiger charge is -2.32. The van der Waals surface area contributed by atoms with Gasteiger partial charge in [0.1, 0.15) is 5.75 Å². The Morgan fingerprint density at radius 3 is 2.45 bits per heavy atom. The van der Waals surface area contributed by atoms with E-state index in [1.54, 1.807) is 20.3 Å². The Hall–Kier alpha value is -1.77. The van der Waals surface area contributed by atoms with Crippen LogP contribution < -0.4 is 14.8 Å². The van der Waals surface area contributed by atoms with Crippen molar-refractivity contribution in [3.8, 4) is 17.2 Å². The van der Waals surface area contributed by atoms with Crippen LogP contribution in [0.25, 0.3) is 0 Å². The number of nitrogens with zero attached hydrogens (tertiary/aromatic N) is 1. The average Bonchev–Trinajstić information content (AvgIpc) is 2.76. The van der Waals surface area contributed by atoms with Gasteiger partial charge in [0, 0.05) is 23.3 Å². The van der Waals surface area contributed by atoms with Crippen LogP contribution in [0.4, 0.5) is 0 Å². The second-order valence-electron chi connectivity index (χ2n) is 8.03. The van der Waals surface area contributed by atoms with Crippen LogP contribution >= 0.6 is 8.58 Å². The molecule has 5 heteroatoms. The molecule has 1 aliphatic rings. The Balaban J connectivity index is 1.93. The van der Waals surface area contributed by atoms with Crippen molar-refractivity contribution >= 4 is 13.9 Å². The first kappa shape index (κ1) is 21.9. The van der Waals surface area contributed by atoms with Crippen molar-refractivity contribution in [2.24, 2.45) is 0 Å². The van der Waals surface area contributed by atoms with Crippen LogP contribution in [0.2, 0.25) is 0 Å². The predicted octanol–water partition coefficient (Wildman–Crippen LogP) is 5.02. The lowest BCUT2D eigenvalue weighted by molar-refractivity contribution is 0.221. The maximum Gasteiger partial charge on any atom is 0.164 e. The molecule has 1 saturated heterocycles. The molecule has 29 heavy (non-hydrogen) atoms. The molecular weight excluding hydrogens is 381 g/mol. The standard InChI is InChI=1S/C24H34NO3P/c1-5-24(2,20-15-19(27-3)16-21(28-4)23(20)26)29-22-12-8-7-11-18(22)17-25-13-9-6-10-14-25/h7-8,11-12,15-16,26,29H,5-6,9-10,13-14,17H2,1-4H3. The lowest BCUT2D eigenvalue weighted by Crippen LogP contribution is -2.31. The van der Waals surface area contributed by atoms with Gasteiger partial charge in [-0.25, -0.2) is 0 Å². The van der Waals surface area contributed by atoms with E-state index in [0.717, 1.165) is 18.5 Å². The normalized spacial score (nSPS) is 17.4. The van der Waals surface area contributed by atoms with Crippen LogP contribution in [0.3, 0.4) is 0 Å². The number of hydrogen-bond donors (Lipinski definition) is 1. The molecule has 0 saturated carbocycles. The van der Waals surface area contributed by atoms with E-state index in [-0.39, 0.29) is 10.9 Å². The minimum Gasteiger partial charge on any atom is -0.504 e. The number of aromatic hydroxyl groups is 1. The van der Waals surface area contributed by atoms with E-state index in [0.29, 0.717) is 20.1 Å². The summed E-state index contributed by atoms with van der Waals surface area (Å²) in [5.74, 6) is 1.39. The second kappa shape index (κ2) is 9.82. The monoisotopic (exact) mass is 415 g/mol. The van der Waals surface area contributed by atoms with Gasteiger partial charge in [-0.1, -0.05) is 53.1 Å². The number of ether oxygens (including phenoxy) is 2. The van der Waals surface area contributed by atoms with Gasteiger partial charge in [-0.2, -0.15) is 0 Å². The molecule has 0 bridgehead atoms. The molecule has 1 fully saturated rings. The third kappa shape index (κ3) is 5.05. The largest absolute Gasteiger partial charge is 0.504 e. The molecule has 0 aromatic heterocycles. The highest BCUT2D eigenvalue weighted by Crippen LogP contribution is 2.51. The molecule has 2 aromatic rings. The van der Waals surface area contributed by atoms with E-state index in [1.807, 2.05) is 6.07 Å². The number of piperidine rings is 1. The van der Waals surface area contributed by atoms with E-state index in [4.69, 9.17) is 9.47 Å². The maximum absolute atomic E-state index is 10.9. The summed E-state index contributed by atoms with van der Waals surface area (Å²) in [6.07, 6.45) is 4.86. The first-order valence-corrected chi connectivity index (χ1v) is 11.5. The maximum atomic E-state index is 10.9. The molecule has 4 nitrogen and oxygen atoms in total. The van der Waals surface area contributed by atoms with Gasteiger partial charge >= 0.3 is 0 Å². The molecule has 0 aliphatic carbocycles. The first-order valence-electron chi connectivity index (χ1n) is 10.5. The minimum absolute atomic E-state index is 0.204. The van der Waals surface area contributed by atoms with Crippen molar-refractivity contribution in [3.63, 3.8) is 0 Å². The number of phenolic OH excluding ortho intramolecular Hbond substituents is 1. The van der Waals surface area contributed by atoms with E-state index >= 15 is 0 Å². The number of phenols is 1. The zero-order valence-electron chi connectivity index (χ0n) is 18.1. The average molecular weight is 416 g/mol. The zero-order chi connectivity index (χ0) is 20.9. The van der Waals surface area contributed by atoms with E-state index < -0.39 is 0 Å². The van der Waals surface area contributed by atoms with Gasteiger partial charge in [0.15, 0.2) is 11.5 Å². The summed E-state index contributed by atoms with van der Waals surface area (Å²) < 4.78 is 10.9. The van der Waals surface area contributed by atoms with Crippen LogP contribution in [0, 0.1) is 0 Å². The minimum atomic E-state index is -0.204. The third-order valence-electron chi connectivity index (χ3n) is 6.08. The molecule has 2 aromatic carbocycles. The lowest BCUT2D eigenvalue weighted by atomic mass is 9.95. The Bertz CT molecular complexity index is 820. The molecule has 158 valence electrons. The molecule has 1 aliphatic heterocycles. The Morgan fingerprint density at radius 2 is 1.79 bits per heavy atom. The van der Waals surface area contributed by atoms with Crippen molar-refractivity contribution in [2.45, 2.75) is 51.2 Å². The summed E-state index contributed by atoms with van der Waals surface area (Å²) >= 11 is 0. The van der Waals surface area contributed by atoms with Gasteiger partial charge in [0.05, 0.1) is 14.2 Å². The predicted molar refractivity (Wildman–Crippen MR) is 122 cm³/mol.